The Balaban J connectivity index is 0.00000130. The Kier molecular flexibility index (Phi) is 25.7. The minimum Gasteiger partial charge on any atom is -0.388 e. The van der Waals surface area contributed by atoms with Crippen LogP contribution in [0.2, 0.25) is 0 Å². The first-order valence-electron chi connectivity index (χ1n) is 20.3. The number of aliphatic hydroxyl groups is 13. The Morgan fingerprint density at radius 3 is 0.899 bits per heavy atom. The number of hydrogen-bond acceptors (Lipinski definition) is 32. The third-order valence-electron chi connectivity index (χ3n) is 10.6. The highest BCUT2D eigenvalue weighted by Crippen LogP contribution is 2.32. The second kappa shape index (κ2) is 29.7. The van der Waals surface area contributed by atoms with E-state index in [2.05, 4.69) is 10.0 Å². The zero-order valence-corrected chi connectivity index (χ0v) is 35.5. The Morgan fingerprint density at radius 1 is 0.391 bits per heavy atom. The average Bonchev–Trinajstić information content (AvgIpc) is 3.31. The van der Waals surface area contributed by atoms with E-state index in [1.54, 1.807) is 0 Å². The summed E-state index contributed by atoms with van der Waals surface area (Å²) in [6.07, 6.45) is -38.7. The fraction of sp³-hybridized carbons (Fsp3) is 0.914. The highest BCUT2D eigenvalue weighted by atomic mass is 16.8. The van der Waals surface area contributed by atoms with Crippen molar-refractivity contribution >= 4 is 18.5 Å². The third-order valence-corrected chi connectivity index (χ3v) is 10.6. The van der Waals surface area contributed by atoms with E-state index in [1.807, 2.05) is 0 Å². The molecule has 0 amide bonds. The molecule has 34 heteroatoms. The van der Waals surface area contributed by atoms with Gasteiger partial charge in [0.1, 0.15) is 110 Å². The van der Waals surface area contributed by atoms with Crippen LogP contribution in [0.4, 0.5) is 0 Å². The smallest absolute Gasteiger partial charge is 0.373 e. The Morgan fingerprint density at radius 2 is 0.623 bits per heavy atom. The molecule has 0 spiro atoms. The first-order valence-corrected chi connectivity index (χ1v) is 20.3. The van der Waals surface area contributed by atoms with Crippen molar-refractivity contribution in [3.8, 4) is 0 Å². The van der Waals surface area contributed by atoms with E-state index in [0.717, 1.165) is 0 Å². The first kappa shape index (κ1) is 59.8. The van der Waals surface area contributed by atoms with E-state index in [1.165, 1.54) is 0 Å². The molecule has 6 fully saturated rings. The van der Waals surface area contributed by atoms with E-state index < -0.39 is 181 Å². The first-order chi connectivity index (χ1) is 32.8. The molecule has 0 aromatic heterocycles. The Labute approximate surface area is 386 Å². The summed E-state index contributed by atoms with van der Waals surface area (Å²) in [6.45, 7) is -3.18. The third kappa shape index (κ3) is 16.2. The van der Waals surface area contributed by atoms with Crippen LogP contribution in [0.25, 0.3) is 10.4 Å². The van der Waals surface area contributed by atoms with Gasteiger partial charge in [0.15, 0.2) is 37.7 Å². The van der Waals surface area contributed by atoms with Gasteiger partial charge in [0.05, 0.1) is 46.2 Å². The maximum Gasteiger partial charge on any atom is 0.373 e. The van der Waals surface area contributed by atoms with Crippen LogP contribution < -0.4 is 0 Å². The number of hydrogen-bond donors (Lipinski definition) is 13. The summed E-state index contributed by atoms with van der Waals surface area (Å²) >= 11 is 0. The molecule has 24 atom stereocenters. The topological polar surface area (TPSA) is 525 Å². The van der Waals surface area contributed by atoms with Gasteiger partial charge in [0.2, 0.25) is 0 Å². The minimum absolute atomic E-state index is 0.0835. The van der Waals surface area contributed by atoms with Crippen LogP contribution in [0, 0.1) is 0 Å². The molecule has 13 N–H and O–H groups in total. The van der Waals surface area contributed by atoms with Crippen molar-refractivity contribution in [2.75, 3.05) is 52.8 Å². The van der Waals surface area contributed by atoms with Gasteiger partial charge < -0.3 is 123 Å². The highest BCUT2D eigenvalue weighted by molar-refractivity contribution is 5.20. The second-order valence-corrected chi connectivity index (χ2v) is 15.1. The van der Waals surface area contributed by atoms with Crippen LogP contribution in [-0.2, 0) is 85.6 Å². The maximum atomic E-state index is 11.3. The fourth-order valence-corrected chi connectivity index (χ4v) is 7.26. The molecule has 0 saturated carbocycles. The lowest BCUT2D eigenvalue weighted by Crippen LogP contribution is -2.64. The molecule has 6 heterocycles. The number of nitrogens with zero attached hydrogens (tertiary/aromatic N) is 3. The van der Waals surface area contributed by atoms with E-state index >= 15 is 0 Å². The standard InChI is InChI=1S/C32H53N3O25.3CO2/c33-35-34-1-2-49-27-17(44)22(10(37)4-50-27)57-29-19(46)24(12(39)6-52-29)59-31-21(48)26(14(41)8-54-31)60-32-20(47)25(13(40)7-55-32)58-30-18(45)23(11(38)5-53-30)56-28-16(43)15(42)9(36)3-51-28;3*2-1-3/h9-32,36-48H,1-8H2;;;/t9-,10-,11-,12-,13-,14-,15?,16+,17+,18+,19+,20+,21+,22?,23?,24?,25?,26?,27-,28-,29-,30+,31+,32-;;;/m1.../s1. The molecular formula is C35H53N3O31. The lowest BCUT2D eigenvalue weighted by atomic mass is 10.0. The molecule has 69 heavy (non-hydrogen) atoms. The monoisotopic (exact) mass is 1010 g/mol. The van der Waals surface area contributed by atoms with Crippen molar-refractivity contribution in [2.24, 2.45) is 5.11 Å². The van der Waals surface area contributed by atoms with Crippen LogP contribution in [0.15, 0.2) is 5.11 Å². The van der Waals surface area contributed by atoms with Gasteiger partial charge in [-0.2, -0.15) is 28.8 Å². The predicted molar refractivity (Wildman–Crippen MR) is 196 cm³/mol. The normalized spacial score (nSPS) is 44.2. The second-order valence-electron chi connectivity index (χ2n) is 15.1. The molecule has 6 aliphatic rings. The van der Waals surface area contributed by atoms with Gasteiger partial charge in [-0.05, 0) is 5.53 Å². The molecule has 0 aliphatic carbocycles. The largest absolute Gasteiger partial charge is 0.388 e. The minimum atomic E-state index is -1.92. The van der Waals surface area contributed by atoms with Crippen molar-refractivity contribution < 1.29 is 152 Å². The van der Waals surface area contributed by atoms with Crippen LogP contribution in [0.3, 0.4) is 0 Å². The summed E-state index contributed by atoms with van der Waals surface area (Å²) in [5, 5.41) is 142. The molecule has 6 saturated heterocycles. The fourth-order valence-electron chi connectivity index (χ4n) is 7.26. The number of azide groups is 1. The summed E-state index contributed by atoms with van der Waals surface area (Å²) in [6, 6.07) is 0. The van der Waals surface area contributed by atoms with Crippen LogP contribution in [0.5, 0.6) is 0 Å². The molecule has 6 aliphatic heterocycles. The van der Waals surface area contributed by atoms with Crippen LogP contribution in [0.1, 0.15) is 0 Å². The Hall–Kier alpha value is -3.55. The molecule has 0 aromatic carbocycles. The van der Waals surface area contributed by atoms with E-state index in [4.69, 9.17) is 91.1 Å². The van der Waals surface area contributed by atoms with E-state index in [-0.39, 0.29) is 38.2 Å². The average molecular weight is 1010 g/mol. The summed E-state index contributed by atoms with van der Waals surface area (Å²) in [4.78, 5) is 51.3. The molecule has 0 radical (unpaired) electrons. The van der Waals surface area contributed by atoms with Gasteiger partial charge in [0.25, 0.3) is 0 Å². The lowest BCUT2D eigenvalue weighted by Gasteiger charge is -2.46. The Bertz CT molecular complexity index is 1640. The van der Waals surface area contributed by atoms with Crippen molar-refractivity contribution in [1.29, 1.82) is 0 Å². The van der Waals surface area contributed by atoms with E-state index in [9.17, 15) is 66.4 Å². The van der Waals surface area contributed by atoms with Gasteiger partial charge in [-0.1, -0.05) is 5.11 Å². The number of ether oxygens (including phenoxy) is 12. The molecule has 0 bridgehead atoms. The molecule has 34 nitrogen and oxygen atoms in total. The van der Waals surface area contributed by atoms with Crippen molar-refractivity contribution in [3.63, 3.8) is 0 Å². The number of carbonyl (C=O) groups excluding carboxylic acids is 6. The molecule has 6 rings (SSSR count). The molecule has 6 unspecified atom stereocenters. The van der Waals surface area contributed by atoms with Crippen molar-refractivity contribution in [2.45, 2.75) is 148 Å². The molecule has 0 aromatic rings. The van der Waals surface area contributed by atoms with E-state index in [0.29, 0.717) is 0 Å². The van der Waals surface area contributed by atoms with Gasteiger partial charge in [-0.3, -0.25) is 0 Å². The summed E-state index contributed by atoms with van der Waals surface area (Å²) in [5.74, 6) is 0. The van der Waals surface area contributed by atoms with Gasteiger partial charge in [-0.25, -0.2) is 0 Å². The van der Waals surface area contributed by atoms with Crippen molar-refractivity contribution in [1.82, 2.24) is 0 Å². The number of rotatable bonds is 14. The summed E-state index contributed by atoms with van der Waals surface area (Å²) in [5.41, 5.74) is 8.43. The quantitative estimate of drug-likeness (QED) is 0.0333. The predicted octanol–water partition coefficient (Wildman–Crippen LogP) is -10.7. The van der Waals surface area contributed by atoms with Gasteiger partial charge in [-0.15, -0.1) is 0 Å². The summed E-state index contributed by atoms with van der Waals surface area (Å²) in [7, 11) is 0. The van der Waals surface area contributed by atoms with Crippen molar-refractivity contribution in [3.05, 3.63) is 10.4 Å². The summed E-state index contributed by atoms with van der Waals surface area (Å²) < 4.78 is 65.8. The van der Waals surface area contributed by atoms with Gasteiger partial charge in [0, 0.05) is 11.5 Å². The van der Waals surface area contributed by atoms with Gasteiger partial charge >= 0.3 is 18.5 Å². The SMILES string of the molecule is O=C=O.O=C=O.O=C=O.[N-]=[N+]=NCCO[C@@H]1OC[C@@H](O)C(O[C@H]2OC[C@@H](O)C(O[C@@H]3OC[C@@H](O)C(O[C@H]4OC[C@@H](O)C(O[C@@H]5OC[C@@H](O)C(O[C@H]6OC[C@@H](O)C(O)[C@@H]6O)[C@@H]5O)[C@@H]4O)[C@@H]3O)[C@@H]2O)[C@@H]1O. The highest BCUT2D eigenvalue weighted by Gasteiger charge is 2.53. The lowest BCUT2D eigenvalue weighted by molar-refractivity contribution is -0.375. The maximum absolute atomic E-state index is 11.3. The van der Waals surface area contributed by atoms with Crippen LogP contribution >= 0.6 is 0 Å². The zero-order chi connectivity index (χ0) is 51.5. The number of aliphatic hydroxyl groups excluding tert-OH is 13. The molecule has 394 valence electrons. The zero-order valence-electron chi connectivity index (χ0n) is 35.5. The molecular weight excluding hydrogens is 958 g/mol. The van der Waals surface area contributed by atoms with Crippen LogP contribution in [-0.4, -0.2) is 285 Å².